The Kier molecular flexibility index (Phi) is 2.62. The fraction of sp³-hybridized carbons (Fsp3) is 0.462. The van der Waals surface area contributed by atoms with Crippen molar-refractivity contribution in [2.75, 3.05) is 11.9 Å². The number of nitrogens with two attached hydrogens (primary N) is 1. The molecule has 96 valence electrons. The molecule has 18 heavy (non-hydrogen) atoms. The van der Waals surface area contributed by atoms with Gasteiger partial charge >= 0.3 is 0 Å². The van der Waals surface area contributed by atoms with Gasteiger partial charge in [-0.3, -0.25) is 10.2 Å². The molecule has 0 radical (unpaired) electrons. The third kappa shape index (κ3) is 1.63. The predicted molar refractivity (Wildman–Crippen MR) is 70.0 cm³/mol. The minimum absolute atomic E-state index is 0.0397. The summed E-state index contributed by atoms with van der Waals surface area (Å²) in [4.78, 5) is 13.4. The molecule has 3 unspecified atom stereocenters. The van der Waals surface area contributed by atoms with E-state index >= 15 is 0 Å². The fourth-order valence-corrected chi connectivity index (χ4v) is 2.69. The molecule has 2 aliphatic heterocycles. The van der Waals surface area contributed by atoms with Crippen LogP contribution in [0.15, 0.2) is 18.2 Å². The van der Waals surface area contributed by atoms with Gasteiger partial charge < -0.3 is 10.6 Å². The van der Waals surface area contributed by atoms with Crippen molar-refractivity contribution in [2.45, 2.75) is 31.5 Å². The number of nitrogens with zero attached hydrogens (tertiary/aromatic N) is 1. The predicted octanol–water partition coefficient (Wildman–Crippen LogP) is 0.0702. The quantitative estimate of drug-likeness (QED) is 0.656. The Morgan fingerprint density at radius 2 is 2.17 bits per heavy atom. The second-order valence-corrected chi connectivity index (χ2v) is 5.15. The molecule has 0 aromatic heterocycles. The van der Waals surface area contributed by atoms with E-state index in [2.05, 4.69) is 23.8 Å². The molecule has 1 aromatic carbocycles. The van der Waals surface area contributed by atoms with Crippen molar-refractivity contribution >= 4 is 11.6 Å². The standard InChI is InChI=1S/C13H18N4O/c1-7-12(14)13(16-15-7)8-3-4-10-9(5-8)6-11(18)17(10)2/h3-5,7,12-13,15-16H,6,14H2,1-2H3. The normalized spacial score (nSPS) is 30.9. The molecule has 1 aromatic rings. The molecule has 4 N–H and O–H groups in total. The maximum absolute atomic E-state index is 11.7. The zero-order valence-corrected chi connectivity index (χ0v) is 10.6. The van der Waals surface area contributed by atoms with Gasteiger partial charge in [-0.15, -0.1) is 0 Å². The van der Waals surface area contributed by atoms with Gasteiger partial charge in [0.15, 0.2) is 0 Å². The highest BCUT2D eigenvalue weighted by molar-refractivity contribution is 6.00. The van der Waals surface area contributed by atoms with E-state index in [9.17, 15) is 4.79 Å². The van der Waals surface area contributed by atoms with Crippen molar-refractivity contribution < 1.29 is 4.79 Å². The molecule has 2 aliphatic rings. The number of anilines is 1. The number of carbonyl (C=O) groups is 1. The van der Waals surface area contributed by atoms with Crippen LogP contribution in [-0.2, 0) is 11.2 Å². The van der Waals surface area contributed by atoms with Crippen molar-refractivity contribution in [1.82, 2.24) is 10.9 Å². The van der Waals surface area contributed by atoms with Crippen LogP contribution in [0.1, 0.15) is 24.1 Å². The van der Waals surface area contributed by atoms with Gasteiger partial charge in [-0.2, -0.15) is 0 Å². The lowest BCUT2D eigenvalue weighted by atomic mass is 9.96. The van der Waals surface area contributed by atoms with Gasteiger partial charge in [-0.05, 0) is 24.1 Å². The van der Waals surface area contributed by atoms with Crippen molar-refractivity contribution in [1.29, 1.82) is 0 Å². The maximum atomic E-state index is 11.7. The van der Waals surface area contributed by atoms with E-state index in [1.807, 2.05) is 19.2 Å². The van der Waals surface area contributed by atoms with Crippen molar-refractivity contribution in [3.63, 3.8) is 0 Å². The van der Waals surface area contributed by atoms with E-state index < -0.39 is 0 Å². The number of rotatable bonds is 1. The first kappa shape index (κ1) is 11.6. The second-order valence-electron chi connectivity index (χ2n) is 5.15. The number of hydrazine groups is 1. The van der Waals surface area contributed by atoms with Gasteiger partial charge in [-0.25, -0.2) is 5.43 Å². The molecule has 0 saturated carbocycles. The molecular weight excluding hydrogens is 228 g/mol. The Bertz CT molecular complexity index is 502. The van der Waals surface area contributed by atoms with Crippen LogP contribution in [0.2, 0.25) is 0 Å². The first-order valence-corrected chi connectivity index (χ1v) is 6.24. The number of nitrogens with one attached hydrogen (secondary N) is 2. The van der Waals surface area contributed by atoms with E-state index in [-0.39, 0.29) is 24.0 Å². The Hall–Kier alpha value is -1.43. The smallest absolute Gasteiger partial charge is 0.231 e. The number of amides is 1. The Morgan fingerprint density at radius 1 is 1.39 bits per heavy atom. The van der Waals surface area contributed by atoms with E-state index in [0.717, 1.165) is 16.8 Å². The monoisotopic (exact) mass is 246 g/mol. The summed E-state index contributed by atoms with van der Waals surface area (Å²) >= 11 is 0. The molecule has 1 fully saturated rings. The lowest BCUT2D eigenvalue weighted by Crippen LogP contribution is -2.35. The molecule has 1 amide bonds. The Morgan fingerprint density at radius 3 is 2.83 bits per heavy atom. The average molecular weight is 246 g/mol. The molecule has 0 aliphatic carbocycles. The third-order valence-corrected chi connectivity index (χ3v) is 3.97. The lowest BCUT2D eigenvalue weighted by molar-refractivity contribution is -0.117. The third-order valence-electron chi connectivity index (χ3n) is 3.97. The van der Waals surface area contributed by atoms with Gasteiger partial charge in [0.05, 0.1) is 12.5 Å². The van der Waals surface area contributed by atoms with Crippen LogP contribution in [0.3, 0.4) is 0 Å². The van der Waals surface area contributed by atoms with Crippen molar-refractivity contribution in [3.05, 3.63) is 29.3 Å². The van der Waals surface area contributed by atoms with Crippen LogP contribution in [0.5, 0.6) is 0 Å². The first-order valence-electron chi connectivity index (χ1n) is 6.24. The van der Waals surface area contributed by atoms with Crippen molar-refractivity contribution in [2.24, 2.45) is 5.73 Å². The summed E-state index contributed by atoms with van der Waals surface area (Å²) in [5, 5.41) is 0. The summed E-state index contributed by atoms with van der Waals surface area (Å²) in [7, 11) is 1.82. The number of hydrogen-bond donors (Lipinski definition) is 3. The lowest BCUT2D eigenvalue weighted by Gasteiger charge is -2.18. The molecule has 1 saturated heterocycles. The van der Waals surface area contributed by atoms with E-state index in [1.54, 1.807) is 4.90 Å². The number of benzene rings is 1. The highest BCUT2D eigenvalue weighted by atomic mass is 16.2. The molecule has 3 atom stereocenters. The number of carbonyl (C=O) groups excluding carboxylic acids is 1. The van der Waals surface area contributed by atoms with Gasteiger partial charge in [0.2, 0.25) is 5.91 Å². The highest BCUT2D eigenvalue weighted by Crippen LogP contribution is 2.31. The molecule has 3 rings (SSSR count). The van der Waals surface area contributed by atoms with Gasteiger partial charge in [0.25, 0.3) is 0 Å². The number of likely N-dealkylation sites (N-methyl/N-ethyl adjacent to an activating group) is 1. The molecule has 0 bridgehead atoms. The number of hydrogen-bond acceptors (Lipinski definition) is 4. The summed E-state index contributed by atoms with van der Waals surface area (Å²) < 4.78 is 0. The SMILES string of the molecule is CC1NNC(c2ccc3c(c2)CC(=O)N3C)C1N. The van der Waals surface area contributed by atoms with Crippen LogP contribution < -0.4 is 21.5 Å². The van der Waals surface area contributed by atoms with Crippen LogP contribution in [0.4, 0.5) is 5.69 Å². The van der Waals surface area contributed by atoms with Crippen molar-refractivity contribution in [3.8, 4) is 0 Å². The highest BCUT2D eigenvalue weighted by Gasteiger charge is 2.32. The largest absolute Gasteiger partial charge is 0.325 e. The molecule has 5 nitrogen and oxygen atoms in total. The second kappa shape index (κ2) is 4.05. The molecular formula is C13H18N4O. The molecule has 0 spiro atoms. The topological polar surface area (TPSA) is 70.4 Å². The molecule has 2 heterocycles. The zero-order chi connectivity index (χ0) is 12.9. The van der Waals surface area contributed by atoms with Gasteiger partial charge in [0, 0.05) is 24.8 Å². The zero-order valence-electron chi connectivity index (χ0n) is 10.6. The summed E-state index contributed by atoms with van der Waals surface area (Å²) in [6.45, 7) is 2.06. The minimum Gasteiger partial charge on any atom is -0.325 e. The van der Waals surface area contributed by atoms with E-state index in [0.29, 0.717) is 6.42 Å². The van der Waals surface area contributed by atoms with E-state index in [4.69, 9.17) is 5.73 Å². The van der Waals surface area contributed by atoms with Crippen LogP contribution in [-0.4, -0.2) is 25.0 Å². The fourth-order valence-electron chi connectivity index (χ4n) is 2.69. The van der Waals surface area contributed by atoms with Crippen LogP contribution >= 0.6 is 0 Å². The first-order chi connectivity index (χ1) is 8.58. The summed E-state index contributed by atoms with van der Waals surface area (Å²) in [5.41, 5.74) is 15.8. The Balaban J connectivity index is 1.93. The summed E-state index contributed by atoms with van der Waals surface area (Å²) in [6.07, 6.45) is 0.491. The van der Waals surface area contributed by atoms with Gasteiger partial charge in [0.1, 0.15) is 0 Å². The average Bonchev–Trinajstić information content (AvgIpc) is 2.82. The molecule has 5 heteroatoms. The Labute approximate surface area is 106 Å². The van der Waals surface area contributed by atoms with Crippen LogP contribution in [0, 0.1) is 0 Å². The maximum Gasteiger partial charge on any atom is 0.231 e. The van der Waals surface area contributed by atoms with Crippen LogP contribution in [0.25, 0.3) is 0 Å². The summed E-state index contributed by atoms with van der Waals surface area (Å²) in [6, 6.07) is 6.53. The summed E-state index contributed by atoms with van der Waals surface area (Å²) in [5.74, 6) is 0.150. The van der Waals surface area contributed by atoms with E-state index in [1.165, 1.54) is 0 Å². The number of fused-ring (bicyclic) bond motifs is 1. The minimum atomic E-state index is 0.0397. The van der Waals surface area contributed by atoms with Gasteiger partial charge in [-0.1, -0.05) is 12.1 Å².